The van der Waals surface area contributed by atoms with Gasteiger partial charge in [0, 0.05) is 0 Å². The van der Waals surface area contributed by atoms with Crippen LogP contribution in [0, 0.1) is 6.92 Å². The Morgan fingerprint density at radius 1 is 1.05 bits per heavy atom. The van der Waals surface area contributed by atoms with E-state index in [1.807, 2.05) is 13.8 Å². The highest BCUT2D eigenvalue weighted by Gasteiger charge is 2.02. The van der Waals surface area contributed by atoms with Gasteiger partial charge in [0.15, 0.2) is 0 Å². The lowest BCUT2D eigenvalue weighted by Gasteiger charge is -2.07. The van der Waals surface area contributed by atoms with E-state index < -0.39 is 0 Å². The lowest BCUT2D eigenvalue weighted by molar-refractivity contribution is 0.159. The topological polar surface area (TPSA) is 21.6 Å². The molecule has 0 heterocycles. The van der Waals surface area contributed by atoms with Crippen molar-refractivity contribution in [3.05, 3.63) is 59.7 Å². The highest BCUT2D eigenvalue weighted by molar-refractivity contribution is 5.98. The highest BCUT2D eigenvalue weighted by Crippen LogP contribution is 2.23. The summed E-state index contributed by atoms with van der Waals surface area (Å²) < 4.78 is 0. The molecule has 0 radical (unpaired) electrons. The first-order chi connectivity index (χ1) is 9.22. The average molecular weight is 253 g/mol. The summed E-state index contributed by atoms with van der Waals surface area (Å²) in [4.78, 5) is 5.07. The summed E-state index contributed by atoms with van der Waals surface area (Å²) in [5.74, 6) is 0. The van der Waals surface area contributed by atoms with Crippen LogP contribution in [0.3, 0.4) is 0 Å². The zero-order chi connectivity index (χ0) is 13.7. The summed E-state index contributed by atoms with van der Waals surface area (Å²) in [5, 5.41) is 4.05. The molecule has 0 aromatic heterocycles. The van der Waals surface area contributed by atoms with E-state index in [1.54, 1.807) is 0 Å². The van der Waals surface area contributed by atoms with Crippen LogP contribution in [0.1, 0.15) is 25.0 Å². The number of benzene rings is 2. The van der Waals surface area contributed by atoms with Crippen molar-refractivity contribution >= 4 is 5.71 Å². The lowest BCUT2D eigenvalue weighted by Crippen LogP contribution is -1.96. The van der Waals surface area contributed by atoms with Gasteiger partial charge in [-0.15, -0.1) is 0 Å². The second-order valence-corrected chi connectivity index (χ2v) is 4.49. The Hall–Kier alpha value is -2.09. The van der Waals surface area contributed by atoms with Crippen molar-refractivity contribution in [1.82, 2.24) is 0 Å². The number of hydrogen-bond donors (Lipinski definition) is 0. The van der Waals surface area contributed by atoms with Gasteiger partial charge in [0.1, 0.15) is 6.61 Å². The molecule has 2 rings (SSSR count). The fourth-order valence-electron chi connectivity index (χ4n) is 2.00. The monoisotopic (exact) mass is 253 g/mol. The Morgan fingerprint density at radius 3 is 2.37 bits per heavy atom. The first-order valence-corrected chi connectivity index (χ1v) is 6.55. The Labute approximate surface area is 114 Å². The second kappa shape index (κ2) is 6.19. The summed E-state index contributed by atoms with van der Waals surface area (Å²) in [6.45, 7) is 6.61. The van der Waals surface area contributed by atoms with Crippen LogP contribution in [0.2, 0.25) is 0 Å². The SMILES string of the molecule is CCO/N=C(\C)c1ccc(-c2ccccc2C)cc1. The number of oxime groups is 1. The summed E-state index contributed by atoms with van der Waals surface area (Å²) in [5.41, 5.74) is 5.78. The van der Waals surface area contributed by atoms with Crippen LogP contribution in [0.15, 0.2) is 53.7 Å². The van der Waals surface area contributed by atoms with E-state index in [2.05, 4.69) is 60.6 Å². The molecular weight excluding hydrogens is 234 g/mol. The van der Waals surface area contributed by atoms with Crippen molar-refractivity contribution in [1.29, 1.82) is 0 Å². The standard InChI is InChI=1S/C17H19NO/c1-4-19-18-14(3)15-9-11-16(12-10-15)17-8-6-5-7-13(17)2/h5-12H,4H2,1-3H3/b18-14+. The van der Waals surface area contributed by atoms with E-state index in [4.69, 9.17) is 4.84 Å². The molecule has 0 unspecified atom stereocenters. The molecule has 0 aliphatic carbocycles. The van der Waals surface area contributed by atoms with Gasteiger partial charge < -0.3 is 4.84 Å². The third-order valence-corrected chi connectivity index (χ3v) is 3.09. The van der Waals surface area contributed by atoms with E-state index >= 15 is 0 Å². The van der Waals surface area contributed by atoms with Crippen LogP contribution in [0.5, 0.6) is 0 Å². The smallest absolute Gasteiger partial charge is 0.114 e. The fraction of sp³-hybridized carbons (Fsp3) is 0.235. The van der Waals surface area contributed by atoms with Crippen LogP contribution in [-0.4, -0.2) is 12.3 Å². The maximum absolute atomic E-state index is 5.07. The van der Waals surface area contributed by atoms with Crippen LogP contribution in [0.4, 0.5) is 0 Å². The zero-order valence-electron chi connectivity index (χ0n) is 11.7. The van der Waals surface area contributed by atoms with Gasteiger partial charge in [-0.05, 0) is 43.0 Å². The maximum atomic E-state index is 5.07. The maximum Gasteiger partial charge on any atom is 0.114 e. The molecule has 0 aliphatic rings. The highest BCUT2D eigenvalue weighted by atomic mass is 16.6. The molecule has 0 saturated carbocycles. The minimum absolute atomic E-state index is 0.596. The van der Waals surface area contributed by atoms with Gasteiger partial charge in [0.25, 0.3) is 0 Å². The van der Waals surface area contributed by atoms with Crippen molar-refractivity contribution in [3.63, 3.8) is 0 Å². The predicted molar refractivity (Wildman–Crippen MR) is 80.5 cm³/mol. The molecule has 2 aromatic rings. The molecule has 0 N–H and O–H groups in total. The first kappa shape index (κ1) is 13.3. The summed E-state index contributed by atoms with van der Waals surface area (Å²) in [6.07, 6.45) is 0. The molecular formula is C17H19NO. The van der Waals surface area contributed by atoms with Crippen molar-refractivity contribution in [2.45, 2.75) is 20.8 Å². The summed E-state index contributed by atoms with van der Waals surface area (Å²) in [6, 6.07) is 16.8. The Bertz CT molecular complexity index is 570. The Morgan fingerprint density at radius 2 is 1.74 bits per heavy atom. The largest absolute Gasteiger partial charge is 0.396 e. The number of nitrogens with zero attached hydrogens (tertiary/aromatic N) is 1. The molecule has 19 heavy (non-hydrogen) atoms. The molecule has 0 fully saturated rings. The number of hydrogen-bond acceptors (Lipinski definition) is 2. The molecule has 98 valence electrons. The third-order valence-electron chi connectivity index (χ3n) is 3.09. The summed E-state index contributed by atoms with van der Waals surface area (Å²) in [7, 11) is 0. The molecule has 0 spiro atoms. The molecule has 0 amide bonds. The van der Waals surface area contributed by atoms with Crippen LogP contribution in [0.25, 0.3) is 11.1 Å². The van der Waals surface area contributed by atoms with Crippen LogP contribution in [-0.2, 0) is 4.84 Å². The minimum Gasteiger partial charge on any atom is -0.396 e. The summed E-state index contributed by atoms with van der Waals surface area (Å²) >= 11 is 0. The van der Waals surface area contributed by atoms with Crippen molar-refractivity contribution in [2.75, 3.05) is 6.61 Å². The number of rotatable bonds is 4. The average Bonchev–Trinajstić information content (AvgIpc) is 2.45. The normalized spacial score (nSPS) is 11.4. The zero-order valence-corrected chi connectivity index (χ0v) is 11.7. The van der Waals surface area contributed by atoms with Crippen molar-refractivity contribution in [3.8, 4) is 11.1 Å². The van der Waals surface area contributed by atoms with Gasteiger partial charge in [-0.25, -0.2) is 0 Å². The van der Waals surface area contributed by atoms with Crippen LogP contribution >= 0.6 is 0 Å². The van der Waals surface area contributed by atoms with E-state index in [-0.39, 0.29) is 0 Å². The van der Waals surface area contributed by atoms with Crippen molar-refractivity contribution < 1.29 is 4.84 Å². The van der Waals surface area contributed by atoms with Crippen LogP contribution < -0.4 is 0 Å². The quantitative estimate of drug-likeness (QED) is 0.583. The van der Waals surface area contributed by atoms with Crippen molar-refractivity contribution in [2.24, 2.45) is 5.16 Å². The molecule has 2 nitrogen and oxygen atoms in total. The van der Waals surface area contributed by atoms with Gasteiger partial charge in [0.05, 0.1) is 5.71 Å². The van der Waals surface area contributed by atoms with E-state index in [0.717, 1.165) is 11.3 Å². The number of aryl methyl sites for hydroxylation is 1. The van der Waals surface area contributed by atoms with Gasteiger partial charge in [-0.3, -0.25) is 0 Å². The first-order valence-electron chi connectivity index (χ1n) is 6.55. The molecule has 0 atom stereocenters. The van der Waals surface area contributed by atoms with Gasteiger partial charge in [-0.2, -0.15) is 0 Å². The van der Waals surface area contributed by atoms with E-state index in [0.29, 0.717) is 6.61 Å². The molecule has 0 saturated heterocycles. The molecule has 2 heteroatoms. The van der Waals surface area contributed by atoms with Gasteiger partial charge >= 0.3 is 0 Å². The Kier molecular flexibility index (Phi) is 4.35. The molecule has 0 bridgehead atoms. The molecule has 0 aliphatic heterocycles. The predicted octanol–water partition coefficient (Wildman–Crippen LogP) is 4.42. The third kappa shape index (κ3) is 3.22. The fourth-order valence-corrected chi connectivity index (χ4v) is 2.00. The molecule has 2 aromatic carbocycles. The Balaban J connectivity index is 2.26. The minimum atomic E-state index is 0.596. The lowest BCUT2D eigenvalue weighted by atomic mass is 9.99. The van der Waals surface area contributed by atoms with E-state index in [9.17, 15) is 0 Å². The van der Waals surface area contributed by atoms with Gasteiger partial charge in [-0.1, -0.05) is 53.7 Å². The second-order valence-electron chi connectivity index (χ2n) is 4.49. The van der Waals surface area contributed by atoms with E-state index in [1.165, 1.54) is 16.7 Å². The van der Waals surface area contributed by atoms with Gasteiger partial charge in [0.2, 0.25) is 0 Å².